The number of likely N-dealkylation sites (N-methyl/N-ethyl adjacent to an activating group) is 1. The number of primary amides is 1. The number of hydrogen-bond acceptors (Lipinski definition) is 5. The molecule has 2 unspecified atom stereocenters. The van der Waals surface area contributed by atoms with E-state index in [9.17, 15) is 9.59 Å². The number of carbonyl (C=O) groups excluding carboxylic acids is 2. The van der Waals surface area contributed by atoms with E-state index in [0.717, 1.165) is 5.56 Å². The number of nitrogens with two attached hydrogens (primary N) is 1. The van der Waals surface area contributed by atoms with E-state index >= 15 is 0 Å². The maximum Gasteiger partial charge on any atom is 0.268 e. The number of ether oxygens (including phenoxy) is 1. The predicted octanol–water partition coefficient (Wildman–Crippen LogP) is 0.968. The van der Waals surface area contributed by atoms with Crippen molar-refractivity contribution in [1.29, 1.82) is 0 Å². The highest BCUT2D eigenvalue weighted by atomic mass is 35.5. The Labute approximate surface area is 162 Å². The molecule has 5 atom stereocenters. The van der Waals surface area contributed by atoms with Crippen LogP contribution in [0.2, 0.25) is 5.02 Å². The Hall–Kier alpha value is -2.09. The van der Waals surface area contributed by atoms with Gasteiger partial charge in [0.15, 0.2) is 0 Å². The van der Waals surface area contributed by atoms with Crippen molar-refractivity contribution in [3.8, 4) is 0 Å². The summed E-state index contributed by atoms with van der Waals surface area (Å²) in [5.74, 6) is -0.172. The Kier molecular flexibility index (Phi) is 4.41. The molecule has 1 saturated heterocycles. The van der Waals surface area contributed by atoms with E-state index in [1.54, 1.807) is 13.1 Å². The maximum atomic E-state index is 12.8. The third-order valence-electron chi connectivity index (χ3n) is 6.07. The fourth-order valence-electron chi connectivity index (χ4n) is 4.61. The minimum atomic E-state index is -1.08. The van der Waals surface area contributed by atoms with Gasteiger partial charge in [-0.15, -0.1) is 0 Å². The molecule has 2 aliphatic heterocycles. The SMILES string of the molecule is CNC(=O)C1=CC(C(N)=O)(C2[C@H]3COC[C@@H]23)N([C@@H](C)c2ccc(Cl)cc2)N1. The molecule has 1 saturated carbocycles. The van der Waals surface area contributed by atoms with Gasteiger partial charge in [0.2, 0.25) is 5.91 Å². The Balaban J connectivity index is 1.75. The third kappa shape index (κ3) is 2.72. The van der Waals surface area contributed by atoms with Gasteiger partial charge in [-0.05, 0) is 42.5 Å². The highest BCUT2D eigenvalue weighted by Crippen LogP contribution is 2.60. The molecule has 1 aromatic carbocycles. The lowest BCUT2D eigenvalue weighted by Gasteiger charge is -2.40. The van der Waals surface area contributed by atoms with Crippen molar-refractivity contribution in [2.75, 3.05) is 20.3 Å². The first-order valence-corrected chi connectivity index (χ1v) is 9.42. The molecule has 2 fully saturated rings. The summed E-state index contributed by atoms with van der Waals surface area (Å²) in [7, 11) is 1.56. The van der Waals surface area contributed by atoms with Crippen LogP contribution in [0.25, 0.3) is 0 Å². The first kappa shape index (κ1) is 18.3. The van der Waals surface area contributed by atoms with Crippen LogP contribution in [0.3, 0.4) is 0 Å². The predicted molar refractivity (Wildman–Crippen MR) is 100 cm³/mol. The summed E-state index contributed by atoms with van der Waals surface area (Å²) in [5, 5.41) is 5.07. The quantitative estimate of drug-likeness (QED) is 0.696. The van der Waals surface area contributed by atoms with Gasteiger partial charge in [0.05, 0.1) is 19.3 Å². The largest absolute Gasteiger partial charge is 0.381 e. The summed E-state index contributed by atoms with van der Waals surface area (Å²) >= 11 is 6.01. The maximum absolute atomic E-state index is 12.8. The minimum Gasteiger partial charge on any atom is -0.381 e. The molecule has 0 aromatic heterocycles. The van der Waals surface area contributed by atoms with Gasteiger partial charge in [-0.25, -0.2) is 0 Å². The Morgan fingerprint density at radius 3 is 2.52 bits per heavy atom. The zero-order chi connectivity index (χ0) is 19.3. The zero-order valence-electron chi connectivity index (χ0n) is 15.2. The topological polar surface area (TPSA) is 96.7 Å². The second-order valence-corrected chi connectivity index (χ2v) is 7.86. The number of amides is 2. The molecule has 1 aliphatic carbocycles. The molecule has 0 spiro atoms. The van der Waals surface area contributed by atoms with E-state index < -0.39 is 11.4 Å². The smallest absolute Gasteiger partial charge is 0.268 e. The van der Waals surface area contributed by atoms with Crippen molar-refractivity contribution >= 4 is 23.4 Å². The van der Waals surface area contributed by atoms with Crippen LogP contribution in [0.1, 0.15) is 18.5 Å². The van der Waals surface area contributed by atoms with Gasteiger partial charge in [-0.2, -0.15) is 5.01 Å². The summed E-state index contributed by atoms with van der Waals surface area (Å²) < 4.78 is 5.50. The van der Waals surface area contributed by atoms with Gasteiger partial charge in [0.1, 0.15) is 11.2 Å². The fraction of sp³-hybridized carbons (Fsp3) is 0.474. The molecule has 0 bridgehead atoms. The van der Waals surface area contributed by atoms with E-state index in [1.807, 2.05) is 36.2 Å². The molecular formula is C19H23ClN4O3. The van der Waals surface area contributed by atoms with Crippen LogP contribution in [0.15, 0.2) is 36.0 Å². The summed E-state index contributed by atoms with van der Waals surface area (Å²) in [5.41, 5.74) is 9.31. The minimum absolute atomic E-state index is 0.0214. The molecule has 4 rings (SSSR count). The van der Waals surface area contributed by atoms with Gasteiger partial charge in [0, 0.05) is 18.0 Å². The molecule has 2 heterocycles. The summed E-state index contributed by atoms with van der Waals surface area (Å²) in [4.78, 5) is 25.1. The lowest BCUT2D eigenvalue weighted by atomic mass is 9.87. The third-order valence-corrected chi connectivity index (χ3v) is 6.32. The van der Waals surface area contributed by atoms with E-state index in [2.05, 4.69) is 10.7 Å². The highest BCUT2D eigenvalue weighted by Gasteiger charge is 2.69. The van der Waals surface area contributed by atoms with Gasteiger partial charge in [0.25, 0.3) is 5.91 Å². The van der Waals surface area contributed by atoms with Gasteiger partial charge in [-0.3, -0.25) is 9.59 Å². The van der Waals surface area contributed by atoms with E-state index in [1.165, 1.54) is 0 Å². The number of nitrogens with zero attached hydrogens (tertiary/aromatic N) is 1. The number of rotatable bonds is 5. The number of fused-ring (bicyclic) bond motifs is 1. The average Bonchev–Trinajstić information content (AvgIpc) is 3.02. The molecule has 27 heavy (non-hydrogen) atoms. The Morgan fingerprint density at radius 2 is 1.96 bits per heavy atom. The van der Waals surface area contributed by atoms with E-state index in [4.69, 9.17) is 22.1 Å². The molecule has 2 amide bonds. The van der Waals surface area contributed by atoms with Crippen LogP contribution < -0.4 is 16.5 Å². The van der Waals surface area contributed by atoms with Crippen molar-refractivity contribution in [2.45, 2.75) is 18.5 Å². The lowest BCUT2D eigenvalue weighted by Crippen LogP contribution is -2.60. The molecule has 144 valence electrons. The zero-order valence-corrected chi connectivity index (χ0v) is 16.0. The van der Waals surface area contributed by atoms with Crippen LogP contribution in [-0.2, 0) is 14.3 Å². The lowest BCUT2D eigenvalue weighted by molar-refractivity contribution is -0.132. The number of hydrogen-bond donors (Lipinski definition) is 3. The normalized spacial score (nSPS) is 33.0. The van der Waals surface area contributed by atoms with Gasteiger partial charge < -0.3 is 21.2 Å². The second-order valence-electron chi connectivity index (χ2n) is 7.43. The number of nitrogens with one attached hydrogen (secondary N) is 2. The molecule has 0 radical (unpaired) electrons. The standard InChI is InChI=1S/C19H23ClN4O3/c1-10(11-3-5-12(20)6-4-11)24-19(18(21)26,7-15(23-24)17(25)22-2)16-13-8-27-9-14(13)16/h3-7,10,13-14,16,23H,8-9H2,1-2H3,(H2,21,26)(H,22,25)/t10-,13-,14+,16?,19?/m0/s1. The number of carbonyl (C=O) groups is 2. The Bertz CT molecular complexity index is 802. The number of benzene rings is 1. The molecule has 7 nitrogen and oxygen atoms in total. The monoisotopic (exact) mass is 390 g/mol. The average molecular weight is 391 g/mol. The summed E-state index contributed by atoms with van der Waals surface area (Å²) in [6.45, 7) is 3.22. The van der Waals surface area contributed by atoms with Crippen LogP contribution in [0, 0.1) is 17.8 Å². The van der Waals surface area contributed by atoms with Gasteiger partial charge in [-0.1, -0.05) is 23.7 Å². The molecule has 4 N–H and O–H groups in total. The van der Waals surface area contributed by atoms with Crippen LogP contribution >= 0.6 is 11.6 Å². The van der Waals surface area contributed by atoms with Crippen molar-refractivity contribution in [1.82, 2.24) is 15.8 Å². The fourth-order valence-corrected chi connectivity index (χ4v) is 4.73. The van der Waals surface area contributed by atoms with Crippen LogP contribution in [-0.4, -0.2) is 42.6 Å². The van der Waals surface area contributed by atoms with Crippen molar-refractivity contribution in [3.63, 3.8) is 0 Å². The summed E-state index contributed by atoms with van der Waals surface area (Å²) in [6.07, 6.45) is 1.70. The van der Waals surface area contributed by atoms with Crippen molar-refractivity contribution in [2.24, 2.45) is 23.5 Å². The molecule has 3 aliphatic rings. The van der Waals surface area contributed by atoms with Crippen LogP contribution in [0.4, 0.5) is 0 Å². The van der Waals surface area contributed by atoms with E-state index in [0.29, 0.717) is 23.9 Å². The van der Waals surface area contributed by atoms with Crippen molar-refractivity contribution in [3.05, 3.63) is 46.6 Å². The van der Waals surface area contributed by atoms with Crippen molar-refractivity contribution < 1.29 is 14.3 Å². The molecule has 8 heteroatoms. The highest BCUT2D eigenvalue weighted by molar-refractivity contribution is 6.30. The second kappa shape index (κ2) is 6.51. The molecular weight excluding hydrogens is 368 g/mol. The molecule has 1 aromatic rings. The first-order valence-electron chi connectivity index (χ1n) is 9.04. The van der Waals surface area contributed by atoms with Crippen LogP contribution in [0.5, 0.6) is 0 Å². The van der Waals surface area contributed by atoms with Gasteiger partial charge >= 0.3 is 0 Å². The van der Waals surface area contributed by atoms with E-state index in [-0.39, 0.29) is 29.7 Å². The number of hydrazine groups is 1. The Morgan fingerprint density at radius 1 is 1.33 bits per heavy atom. The first-order chi connectivity index (χ1) is 12.9. The number of halogens is 1. The summed E-state index contributed by atoms with van der Waals surface area (Å²) in [6, 6.07) is 7.23.